The molecular weight excluding hydrogens is 598 g/mol. The monoisotopic (exact) mass is 619 g/mol. The summed E-state index contributed by atoms with van der Waals surface area (Å²) in [5.41, 5.74) is 2.86. The normalized spacial score (nSPS) is 14.9. The number of hydrogen-bond donors (Lipinski definition) is 0. The van der Waals surface area contributed by atoms with Crippen LogP contribution < -0.4 is 19.6 Å². The van der Waals surface area contributed by atoms with E-state index in [1.54, 1.807) is 30.6 Å². The van der Waals surface area contributed by atoms with Crippen molar-refractivity contribution >= 4 is 50.6 Å². The molecule has 7 nitrogen and oxygen atoms in total. The molecule has 1 aliphatic rings. The van der Waals surface area contributed by atoms with Crippen LogP contribution in [0.2, 0.25) is 0 Å². The maximum atomic E-state index is 13.7. The number of carbonyl (C=O) groups is 1. The Morgan fingerprint density at radius 2 is 2.05 bits per heavy atom. The number of thiazole rings is 1. The lowest BCUT2D eigenvalue weighted by Crippen LogP contribution is -2.39. The van der Waals surface area contributed by atoms with E-state index in [1.165, 1.54) is 22.7 Å². The molecule has 10 heteroatoms. The number of aromatic nitrogens is 1. The van der Waals surface area contributed by atoms with Crippen LogP contribution in [-0.2, 0) is 16.1 Å². The number of thiophene rings is 1. The third-order valence-electron chi connectivity index (χ3n) is 6.10. The smallest absolute Gasteiger partial charge is 0.338 e. The first-order valence-corrected chi connectivity index (χ1v) is 14.5. The zero-order valence-electron chi connectivity index (χ0n) is 21.0. The molecular formula is C29H22BrN3O4S2. The molecule has 0 N–H and O–H groups in total. The van der Waals surface area contributed by atoms with E-state index in [0.29, 0.717) is 31.9 Å². The number of hydrogen-bond acceptors (Lipinski definition) is 8. The van der Waals surface area contributed by atoms with Gasteiger partial charge in [-0.05, 0) is 71.1 Å². The maximum absolute atomic E-state index is 13.7. The summed E-state index contributed by atoms with van der Waals surface area (Å²) < 4.78 is 14.1. The fourth-order valence-corrected chi connectivity index (χ4v) is 6.67. The minimum Gasteiger partial charge on any atom is -0.488 e. The molecule has 3 heterocycles. The molecule has 0 saturated heterocycles. The van der Waals surface area contributed by atoms with Gasteiger partial charge in [0.2, 0.25) is 0 Å². The van der Waals surface area contributed by atoms with Gasteiger partial charge in [0.15, 0.2) is 4.80 Å². The average Bonchev–Trinajstić information content (AvgIpc) is 3.56. The van der Waals surface area contributed by atoms with Gasteiger partial charge < -0.3 is 9.47 Å². The van der Waals surface area contributed by atoms with Crippen molar-refractivity contribution in [2.24, 2.45) is 4.99 Å². The predicted molar refractivity (Wildman–Crippen MR) is 154 cm³/mol. The van der Waals surface area contributed by atoms with Crippen molar-refractivity contribution in [1.29, 1.82) is 5.26 Å². The fourth-order valence-electron chi connectivity index (χ4n) is 4.29. The van der Waals surface area contributed by atoms with Gasteiger partial charge in [0, 0.05) is 10.4 Å². The number of benzene rings is 2. The summed E-state index contributed by atoms with van der Waals surface area (Å²) in [6, 6.07) is 18.2. The van der Waals surface area contributed by atoms with Gasteiger partial charge in [0.25, 0.3) is 5.56 Å². The summed E-state index contributed by atoms with van der Waals surface area (Å²) in [4.78, 5) is 32.6. The Balaban J connectivity index is 1.49. The van der Waals surface area contributed by atoms with Crippen LogP contribution >= 0.6 is 38.6 Å². The largest absolute Gasteiger partial charge is 0.488 e. The average molecular weight is 621 g/mol. The number of halogens is 1. The summed E-state index contributed by atoms with van der Waals surface area (Å²) in [6.07, 6.45) is 1.80. The van der Waals surface area contributed by atoms with E-state index in [0.717, 1.165) is 20.5 Å². The molecule has 1 aliphatic heterocycles. The van der Waals surface area contributed by atoms with Crippen molar-refractivity contribution < 1.29 is 14.3 Å². The molecule has 39 heavy (non-hydrogen) atoms. The lowest BCUT2D eigenvalue weighted by molar-refractivity contribution is -0.139. The summed E-state index contributed by atoms with van der Waals surface area (Å²) in [7, 11) is 0. The van der Waals surface area contributed by atoms with Crippen molar-refractivity contribution in [1.82, 2.24) is 4.57 Å². The number of fused-ring (bicyclic) bond motifs is 1. The number of nitriles is 1. The van der Waals surface area contributed by atoms with Crippen LogP contribution in [0.15, 0.2) is 85.5 Å². The van der Waals surface area contributed by atoms with Crippen LogP contribution in [0.3, 0.4) is 0 Å². The molecule has 196 valence electrons. The van der Waals surface area contributed by atoms with Gasteiger partial charge in [-0.15, -0.1) is 11.3 Å². The number of carbonyl (C=O) groups excluding carboxylic acids is 1. The van der Waals surface area contributed by atoms with Crippen molar-refractivity contribution in [2.45, 2.75) is 26.5 Å². The summed E-state index contributed by atoms with van der Waals surface area (Å²) in [6.45, 7) is 4.01. The minimum atomic E-state index is -0.596. The Morgan fingerprint density at radius 1 is 1.23 bits per heavy atom. The van der Waals surface area contributed by atoms with Gasteiger partial charge in [-0.2, -0.15) is 5.26 Å². The SMILES string of the molecule is CCOC(=O)C1=C(C)N=c2s/c(=C\c3ccc(OCc4ccccc4C#N)c(Br)c3)c(=O)n2[C@H]1c1cccs1. The first-order valence-electron chi connectivity index (χ1n) is 12.0. The van der Waals surface area contributed by atoms with E-state index in [9.17, 15) is 14.9 Å². The van der Waals surface area contributed by atoms with Gasteiger partial charge in [0.05, 0.1) is 38.5 Å². The van der Waals surface area contributed by atoms with E-state index in [-0.39, 0.29) is 18.8 Å². The van der Waals surface area contributed by atoms with Crippen LogP contribution in [0, 0.1) is 11.3 Å². The third-order valence-corrected chi connectivity index (χ3v) is 8.63. The first-order chi connectivity index (χ1) is 18.9. The summed E-state index contributed by atoms with van der Waals surface area (Å²) in [5.74, 6) is 0.150. The number of esters is 1. The van der Waals surface area contributed by atoms with E-state index >= 15 is 0 Å². The molecule has 0 fully saturated rings. The topological polar surface area (TPSA) is 93.7 Å². The van der Waals surface area contributed by atoms with Gasteiger partial charge in [-0.25, -0.2) is 9.79 Å². The quantitative estimate of drug-likeness (QED) is 0.269. The van der Waals surface area contributed by atoms with Crippen LogP contribution in [0.5, 0.6) is 5.75 Å². The molecule has 2 aromatic heterocycles. The van der Waals surface area contributed by atoms with E-state index in [2.05, 4.69) is 27.0 Å². The highest BCUT2D eigenvalue weighted by Crippen LogP contribution is 2.33. The number of ether oxygens (including phenoxy) is 2. The third kappa shape index (κ3) is 5.39. The lowest BCUT2D eigenvalue weighted by atomic mass is 10.0. The number of nitrogens with zero attached hydrogens (tertiary/aromatic N) is 3. The van der Waals surface area contributed by atoms with E-state index in [4.69, 9.17) is 9.47 Å². The van der Waals surface area contributed by atoms with Crippen LogP contribution in [0.25, 0.3) is 6.08 Å². The van der Waals surface area contributed by atoms with Crippen LogP contribution in [0.4, 0.5) is 0 Å². The molecule has 0 amide bonds. The Labute approximate surface area is 240 Å². The zero-order valence-corrected chi connectivity index (χ0v) is 24.2. The van der Waals surface area contributed by atoms with Gasteiger partial charge in [0.1, 0.15) is 18.4 Å². The predicted octanol–water partition coefficient (Wildman–Crippen LogP) is 5.07. The Bertz CT molecular complexity index is 1810. The number of rotatable bonds is 7. The van der Waals surface area contributed by atoms with Crippen LogP contribution in [0.1, 0.15) is 41.5 Å². The summed E-state index contributed by atoms with van der Waals surface area (Å²) in [5, 5.41) is 11.2. The number of allylic oxidation sites excluding steroid dienone is 1. The molecule has 0 spiro atoms. The van der Waals surface area contributed by atoms with E-state index < -0.39 is 12.0 Å². The van der Waals surface area contributed by atoms with Crippen molar-refractivity contribution in [3.8, 4) is 11.8 Å². The highest BCUT2D eigenvalue weighted by molar-refractivity contribution is 9.10. The standard InChI is InChI=1S/C29H22BrN3O4S2/c1-3-36-28(35)25-17(2)32-29-33(26(25)23-9-6-12-38-23)27(34)24(39-29)14-18-10-11-22(21(30)13-18)37-16-20-8-5-4-7-19(20)15-31/h4-14,26H,3,16H2,1-2H3/b24-14-/t26-/m0/s1. The van der Waals surface area contributed by atoms with Gasteiger partial charge >= 0.3 is 5.97 Å². The molecule has 4 aromatic rings. The lowest BCUT2D eigenvalue weighted by Gasteiger charge is -2.23. The van der Waals surface area contributed by atoms with Crippen molar-refractivity contribution in [3.05, 3.63) is 117 Å². The molecule has 2 aromatic carbocycles. The Kier molecular flexibility index (Phi) is 7.93. The molecule has 0 radical (unpaired) electrons. The van der Waals surface area contributed by atoms with E-state index in [1.807, 2.05) is 53.9 Å². The highest BCUT2D eigenvalue weighted by atomic mass is 79.9. The maximum Gasteiger partial charge on any atom is 0.338 e. The molecule has 0 aliphatic carbocycles. The molecule has 0 bridgehead atoms. The van der Waals surface area contributed by atoms with Crippen molar-refractivity contribution in [2.75, 3.05) is 6.61 Å². The second-order valence-corrected chi connectivity index (χ2v) is 11.4. The molecule has 0 unspecified atom stereocenters. The summed E-state index contributed by atoms with van der Waals surface area (Å²) >= 11 is 6.32. The van der Waals surface area contributed by atoms with Gasteiger partial charge in [-0.3, -0.25) is 9.36 Å². The molecule has 5 rings (SSSR count). The zero-order chi connectivity index (χ0) is 27.5. The Hall–Kier alpha value is -3.78. The second-order valence-electron chi connectivity index (χ2n) is 8.57. The van der Waals surface area contributed by atoms with Gasteiger partial charge in [-0.1, -0.05) is 41.7 Å². The van der Waals surface area contributed by atoms with Crippen LogP contribution in [-0.4, -0.2) is 17.1 Å². The molecule has 1 atom stereocenters. The molecule has 0 saturated carbocycles. The second kappa shape index (κ2) is 11.5. The fraction of sp³-hybridized carbons (Fsp3) is 0.172. The Morgan fingerprint density at radius 3 is 2.77 bits per heavy atom. The minimum absolute atomic E-state index is 0.226. The highest BCUT2D eigenvalue weighted by Gasteiger charge is 2.33. The first kappa shape index (κ1) is 26.8. The van der Waals surface area contributed by atoms with Crippen molar-refractivity contribution in [3.63, 3.8) is 0 Å².